The van der Waals surface area contributed by atoms with Crippen LogP contribution in [0.15, 0.2) is 30.5 Å². The summed E-state index contributed by atoms with van der Waals surface area (Å²) in [7, 11) is 1.57. The lowest BCUT2D eigenvalue weighted by Gasteiger charge is -2.31. The molecule has 0 bridgehead atoms. The molecule has 0 saturated heterocycles. The van der Waals surface area contributed by atoms with Gasteiger partial charge in [-0.15, -0.1) is 0 Å². The van der Waals surface area contributed by atoms with Crippen LogP contribution >= 0.6 is 0 Å². The quantitative estimate of drug-likeness (QED) is 0.780. The fourth-order valence-corrected chi connectivity index (χ4v) is 2.71. The molecule has 0 aliphatic carbocycles. The van der Waals surface area contributed by atoms with E-state index in [0.717, 1.165) is 5.56 Å². The molecule has 6 nitrogen and oxygen atoms in total. The van der Waals surface area contributed by atoms with E-state index in [1.807, 2.05) is 32.9 Å². The molecule has 25 heavy (non-hydrogen) atoms. The first-order valence-corrected chi connectivity index (χ1v) is 8.20. The Morgan fingerprint density at radius 1 is 1.48 bits per heavy atom. The largest absolute Gasteiger partial charge is 0.505 e. The Hall–Kier alpha value is -2.68. The van der Waals surface area contributed by atoms with Gasteiger partial charge in [-0.25, -0.2) is 4.79 Å². The molecule has 0 saturated carbocycles. The van der Waals surface area contributed by atoms with E-state index in [1.54, 1.807) is 30.4 Å². The van der Waals surface area contributed by atoms with E-state index in [9.17, 15) is 10.1 Å². The monoisotopic (exact) mass is 344 g/mol. The zero-order valence-corrected chi connectivity index (χ0v) is 15.1. The summed E-state index contributed by atoms with van der Waals surface area (Å²) in [5.74, 6) is 0.534. The van der Waals surface area contributed by atoms with Gasteiger partial charge in [-0.1, -0.05) is 12.1 Å². The highest BCUT2D eigenvalue weighted by molar-refractivity contribution is 5.69. The van der Waals surface area contributed by atoms with E-state index in [4.69, 9.17) is 14.2 Å². The van der Waals surface area contributed by atoms with E-state index in [2.05, 4.69) is 6.07 Å². The maximum atomic E-state index is 12.7. The minimum Gasteiger partial charge on any atom is -0.505 e. The molecule has 2 rings (SSSR count). The number of carbonyl (C=O) groups is 1. The van der Waals surface area contributed by atoms with Crippen molar-refractivity contribution in [1.82, 2.24) is 4.90 Å². The van der Waals surface area contributed by atoms with Gasteiger partial charge < -0.3 is 14.2 Å². The van der Waals surface area contributed by atoms with Gasteiger partial charge in [0.25, 0.3) is 0 Å². The Balaban J connectivity index is 2.43. The summed E-state index contributed by atoms with van der Waals surface area (Å²) in [4.78, 5) is 14.4. The normalized spacial score (nSPS) is 17.2. The zero-order valence-electron chi connectivity index (χ0n) is 15.1. The lowest BCUT2D eigenvalue weighted by atomic mass is 9.99. The summed E-state index contributed by atoms with van der Waals surface area (Å²) in [5.41, 5.74) is 0.668. The average molecular weight is 344 g/mol. The van der Waals surface area contributed by atoms with Crippen molar-refractivity contribution < 1.29 is 19.0 Å². The van der Waals surface area contributed by atoms with Crippen molar-refractivity contribution in [2.45, 2.75) is 38.8 Å². The molecule has 1 aromatic carbocycles. The summed E-state index contributed by atoms with van der Waals surface area (Å²) in [5, 5.41) is 9.34. The minimum absolute atomic E-state index is 0.299. The highest BCUT2D eigenvalue weighted by Gasteiger charge is 2.33. The summed E-state index contributed by atoms with van der Waals surface area (Å²) in [6.45, 7) is 6.18. The molecule has 6 heteroatoms. The first-order valence-electron chi connectivity index (χ1n) is 8.20. The number of hydrogen-bond donors (Lipinski definition) is 0. The molecule has 1 aliphatic heterocycles. The molecular weight excluding hydrogens is 320 g/mol. The third kappa shape index (κ3) is 4.66. The lowest BCUT2D eigenvalue weighted by Crippen LogP contribution is -2.40. The van der Waals surface area contributed by atoms with E-state index >= 15 is 0 Å². The summed E-state index contributed by atoms with van der Waals surface area (Å²) in [6, 6.07) is 7.24. The number of nitriles is 1. The van der Waals surface area contributed by atoms with Crippen molar-refractivity contribution in [3.63, 3.8) is 0 Å². The predicted octanol–water partition coefficient (Wildman–Crippen LogP) is 3.78. The van der Waals surface area contributed by atoms with Crippen LogP contribution in [0.3, 0.4) is 0 Å². The molecule has 0 N–H and O–H groups in total. The lowest BCUT2D eigenvalue weighted by molar-refractivity contribution is 0.0152. The Morgan fingerprint density at radius 2 is 2.24 bits per heavy atom. The number of methoxy groups -OCH3 is 1. The number of hydrogen-bond acceptors (Lipinski definition) is 5. The van der Waals surface area contributed by atoms with Gasteiger partial charge in [0.1, 0.15) is 24.0 Å². The molecule has 0 fully saturated rings. The number of amides is 1. The topological polar surface area (TPSA) is 71.8 Å². The molecular formula is C19H24N2O4. The van der Waals surface area contributed by atoms with Crippen molar-refractivity contribution in [1.29, 1.82) is 5.26 Å². The fraction of sp³-hybridized carbons (Fsp3) is 0.474. The van der Waals surface area contributed by atoms with Crippen LogP contribution in [0.2, 0.25) is 0 Å². The van der Waals surface area contributed by atoms with Gasteiger partial charge in [0, 0.05) is 5.56 Å². The van der Waals surface area contributed by atoms with Gasteiger partial charge in [-0.3, -0.25) is 4.90 Å². The van der Waals surface area contributed by atoms with Crippen LogP contribution in [0.4, 0.5) is 4.79 Å². The van der Waals surface area contributed by atoms with E-state index in [0.29, 0.717) is 30.9 Å². The van der Waals surface area contributed by atoms with Crippen molar-refractivity contribution in [2.24, 2.45) is 0 Å². The van der Waals surface area contributed by atoms with Crippen molar-refractivity contribution >= 4 is 6.09 Å². The standard InChI is InChI=1S/C19H24N2O4/c1-19(2,3)25-18(22)21-10-12-24-17-14(13-20)7-5-8-15(17)16(21)9-6-11-23-4/h5-8,11,16H,9-10,12H2,1-4H3/b11-6-. The van der Waals surface area contributed by atoms with Gasteiger partial charge in [-0.2, -0.15) is 5.26 Å². The van der Waals surface area contributed by atoms with Crippen molar-refractivity contribution in [2.75, 3.05) is 20.3 Å². The van der Waals surface area contributed by atoms with Gasteiger partial charge in [0.2, 0.25) is 0 Å². The number of fused-ring (bicyclic) bond motifs is 1. The van der Waals surface area contributed by atoms with Crippen LogP contribution in [-0.4, -0.2) is 36.9 Å². The highest BCUT2D eigenvalue weighted by atomic mass is 16.6. The highest BCUT2D eigenvalue weighted by Crippen LogP contribution is 2.37. The van der Waals surface area contributed by atoms with E-state index in [1.165, 1.54) is 0 Å². The van der Waals surface area contributed by atoms with Crippen LogP contribution in [0, 0.1) is 11.3 Å². The molecule has 1 unspecified atom stereocenters. The third-order valence-electron chi connectivity index (χ3n) is 3.70. The molecule has 134 valence electrons. The molecule has 0 aromatic heterocycles. The first kappa shape index (κ1) is 18.7. The number of nitrogens with zero attached hydrogens (tertiary/aromatic N) is 2. The van der Waals surface area contributed by atoms with Crippen molar-refractivity contribution in [3.8, 4) is 11.8 Å². The molecule has 1 atom stereocenters. The van der Waals surface area contributed by atoms with Crippen molar-refractivity contribution in [3.05, 3.63) is 41.7 Å². The summed E-state index contributed by atoms with van der Waals surface area (Å²) < 4.78 is 16.3. The number of ether oxygens (including phenoxy) is 3. The molecule has 0 radical (unpaired) electrons. The summed E-state index contributed by atoms with van der Waals surface area (Å²) >= 11 is 0. The molecule has 1 amide bonds. The first-order chi connectivity index (χ1) is 11.9. The smallest absolute Gasteiger partial charge is 0.410 e. The number of rotatable bonds is 3. The number of benzene rings is 1. The van der Waals surface area contributed by atoms with Crippen LogP contribution in [0.25, 0.3) is 0 Å². The molecule has 1 aliphatic rings. The van der Waals surface area contributed by atoms with E-state index in [-0.39, 0.29) is 6.04 Å². The Labute approximate surface area is 148 Å². The zero-order chi connectivity index (χ0) is 18.4. The predicted molar refractivity (Wildman–Crippen MR) is 93.1 cm³/mol. The Kier molecular flexibility index (Phi) is 5.92. The molecule has 1 aromatic rings. The van der Waals surface area contributed by atoms with Gasteiger partial charge in [0.15, 0.2) is 0 Å². The van der Waals surface area contributed by atoms with Gasteiger partial charge in [0.05, 0.1) is 31.5 Å². The maximum Gasteiger partial charge on any atom is 0.410 e. The average Bonchev–Trinajstić information content (AvgIpc) is 2.73. The van der Waals surface area contributed by atoms with Crippen LogP contribution < -0.4 is 4.74 Å². The SMILES string of the molecule is CO/C=C\CC1c2cccc(C#N)c2OCCN1C(=O)OC(C)(C)C. The molecule has 1 heterocycles. The number of para-hydroxylation sites is 1. The van der Waals surface area contributed by atoms with Gasteiger partial charge >= 0.3 is 6.09 Å². The third-order valence-corrected chi connectivity index (χ3v) is 3.70. The fourth-order valence-electron chi connectivity index (χ4n) is 2.71. The second-order valence-corrected chi connectivity index (χ2v) is 6.72. The van der Waals surface area contributed by atoms with Crippen LogP contribution in [-0.2, 0) is 9.47 Å². The van der Waals surface area contributed by atoms with E-state index < -0.39 is 11.7 Å². The van der Waals surface area contributed by atoms with Crippen LogP contribution in [0.5, 0.6) is 5.75 Å². The Morgan fingerprint density at radius 3 is 2.88 bits per heavy atom. The second-order valence-electron chi connectivity index (χ2n) is 6.72. The minimum atomic E-state index is -0.589. The number of carbonyl (C=O) groups excluding carboxylic acids is 1. The maximum absolute atomic E-state index is 12.7. The van der Waals surface area contributed by atoms with Crippen LogP contribution in [0.1, 0.15) is 44.4 Å². The van der Waals surface area contributed by atoms with Gasteiger partial charge in [-0.05, 0) is 39.3 Å². The second kappa shape index (κ2) is 7.93. The summed E-state index contributed by atoms with van der Waals surface area (Å²) in [6.07, 6.45) is 3.54. The Bertz CT molecular complexity index is 686. The molecule has 0 spiro atoms.